The van der Waals surface area contributed by atoms with Crippen LogP contribution in [-0.4, -0.2) is 16.8 Å². The quantitative estimate of drug-likeness (QED) is 0.734. The number of nitrogens with zero attached hydrogens (tertiary/aromatic N) is 1. The van der Waals surface area contributed by atoms with Crippen molar-refractivity contribution in [2.45, 2.75) is 20.3 Å². The van der Waals surface area contributed by atoms with Gasteiger partial charge in [-0.15, -0.1) is 0 Å². The molecule has 0 radical (unpaired) electrons. The highest BCUT2D eigenvalue weighted by Gasteiger charge is 2.12. The first-order chi connectivity index (χ1) is 12.5. The van der Waals surface area contributed by atoms with E-state index in [0.717, 1.165) is 11.1 Å². The number of oxazole rings is 1. The average molecular weight is 349 g/mol. The Kier molecular flexibility index (Phi) is 5.12. The number of amides is 2. The van der Waals surface area contributed by atoms with Crippen LogP contribution in [0.5, 0.6) is 0 Å². The van der Waals surface area contributed by atoms with Gasteiger partial charge < -0.3 is 15.1 Å². The molecule has 2 aromatic carbocycles. The lowest BCUT2D eigenvalue weighted by Gasteiger charge is -2.12. The molecule has 0 atom stereocenters. The monoisotopic (exact) mass is 349 g/mol. The Hall–Kier alpha value is -3.41. The lowest BCUT2D eigenvalue weighted by molar-refractivity contribution is -0.116. The summed E-state index contributed by atoms with van der Waals surface area (Å²) in [5, 5.41) is 5.59. The molecular weight excluding hydrogens is 330 g/mol. The van der Waals surface area contributed by atoms with Crippen LogP contribution in [0, 0.1) is 6.92 Å². The van der Waals surface area contributed by atoms with Crippen LogP contribution in [0.1, 0.15) is 18.2 Å². The molecule has 0 aliphatic rings. The van der Waals surface area contributed by atoms with Gasteiger partial charge in [-0.3, -0.25) is 9.59 Å². The van der Waals surface area contributed by atoms with Crippen molar-refractivity contribution < 1.29 is 14.0 Å². The van der Waals surface area contributed by atoms with Gasteiger partial charge in [0.2, 0.25) is 17.7 Å². The lowest BCUT2D eigenvalue weighted by atomic mass is 10.1. The van der Waals surface area contributed by atoms with Crippen LogP contribution in [-0.2, 0) is 16.0 Å². The molecule has 0 spiro atoms. The smallest absolute Gasteiger partial charge is 0.230 e. The van der Waals surface area contributed by atoms with E-state index in [4.69, 9.17) is 4.42 Å². The molecule has 1 heterocycles. The van der Waals surface area contributed by atoms with E-state index in [1.165, 1.54) is 13.2 Å². The Morgan fingerprint density at radius 1 is 1.00 bits per heavy atom. The topological polar surface area (TPSA) is 84.2 Å². The van der Waals surface area contributed by atoms with E-state index in [2.05, 4.69) is 15.6 Å². The standard InChI is InChI=1S/C20H19N3O3/c1-13-17(21-14(2)24)9-6-10-18(13)23-19(25)11-16-12-26-20(22-16)15-7-4-3-5-8-15/h3-10,12H,11H2,1-2H3,(H,21,24)(H,23,25). The maximum atomic E-state index is 12.3. The summed E-state index contributed by atoms with van der Waals surface area (Å²) >= 11 is 0. The number of anilines is 2. The number of hydrogen-bond acceptors (Lipinski definition) is 4. The van der Waals surface area contributed by atoms with Gasteiger partial charge in [0, 0.05) is 23.9 Å². The third-order valence-electron chi connectivity index (χ3n) is 3.83. The van der Waals surface area contributed by atoms with Crippen molar-refractivity contribution in [3.05, 3.63) is 66.1 Å². The highest BCUT2D eigenvalue weighted by Crippen LogP contribution is 2.24. The zero-order chi connectivity index (χ0) is 18.5. The Bertz CT molecular complexity index is 932. The van der Waals surface area contributed by atoms with Crippen LogP contribution < -0.4 is 10.6 Å². The summed E-state index contributed by atoms with van der Waals surface area (Å²) in [4.78, 5) is 27.9. The molecule has 3 aromatic rings. The minimum atomic E-state index is -0.207. The van der Waals surface area contributed by atoms with Crippen LogP contribution in [0.15, 0.2) is 59.2 Å². The normalized spacial score (nSPS) is 10.4. The van der Waals surface area contributed by atoms with Gasteiger partial charge in [-0.2, -0.15) is 0 Å². The molecule has 0 fully saturated rings. The molecule has 0 aliphatic heterocycles. The maximum absolute atomic E-state index is 12.3. The zero-order valence-electron chi connectivity index (χ0n) is 14.6. The molecule has 6 heteroatoms. The molecule has 0 bridgehead atoms. The van der Waals surface area contributed by atoms with Gasteiger partial charge >= 0.3 is 0 Å². The van der Waals surface area contributed by atoms with Gasteiger partial charge in [-0.25, -0.2) is 4.98 Å². The average Bonchev–Trinajstić information content (AvgIpc) is 3.07. The zero-order valence-corrected chi connectivity index (χ0v) is 14.6. The second-order valence-corrected chi connectivity index (χ2v) is 5.89. The molecule has 0 aliphatic carbocycles. The number of carbonyl (C=O) groups excluding carboxylic acids is 2. The van der Waals surface area contributed by atoms with Crippen molar-refractivity contribution >= 4 is 23.2 Å². The van der Waals surface area contributed by atoms with Crippen LogP contribution >= 0.6 is 0 Å². The number of nitrogens with one attached hydrogen (secondary N) is 2. The van der Waals surface area contributed by atoms with Crippen molar-refractivity contribution in [1.82, 2.24) is 4.98 Å². The number of aromatic nitrogens is 1. The molecule has 0 saturated heterocycles. The molecule has 0 saturated carbocycles. The Labute approximate surface area is 151 Å². The van der Waals surface area contributed by atoms with Gasteiger partial charge in [0.25, 0.3) is 0 Å². The molecule has 6 nitrogen and oxygen atoms in total. The van der Waals surface area contributed by atoms with Gasteiger partial charge in [-0.05, 0) is 36.8 Å². The SMILES string of the molecule is CC(=O)Nc1cccc(NC(=O)Cc2coc(-c3ccccc3)n2)c1C. The number of carbonyl (C=O) groups is 2. The van der Waals surface area contributed by atoms with Gasteiger partial charge in [0.15, 0.2) is 0 Å². The van der Waals surface area contributed by atoms with Gasteiger partial charge in [0.05, 0.1) is 12.1 Å². The fourth-order valence-corrected chi connectivity index (χ4v) is 2.56. The molecule has 0 unspecified atom stereocenters. The van der Waals surface area contributed by atoms with Crippen molar-refractivity contribution in [3.8, 4) is 11.5 Å². The van der Waals surface area contributed by atoms with Crippen molar-refractivity contribution in [2.24, 2.45) is 0 Å². The van der Waals surface area contributed by atoms with E-state index in [-0.39, 0.29) is 18.2 Å². The summed E-state index contributed by atoms with van der Waals surface area (Å²) in [6.45, 7) is 3.28. The minimum Gasteiger partial charge on any atom is -0.444 e. The highest BCUT2D eigenvalue weighted by molar-refractivity contribution is 5.95. The predicted octanol–water partition coefficient (Wildman–Crippen LogP) is 3.79. The fourth-order valence-electron chi connectivity index (χ4n) is 2.56. The van der Waals surface area contributed by atoms with E-state index >= 15 is 0 Å². The summed E-state index contributed by atoms with van der Waals surface area (Å²) in [7, 11) is 0. The van der Waals surface area contributed by atoms with Crippen molar-refractivity contribution in [2.75, 3.05) is 10.6 Å². The first-order valence-electron chi connectivity index (χ1n) is 8.20. The number of hydrogen-bond donors (Lipinski definition) is 2. The Morgan fingerprint density at radius 2 is 1.69 bits per heavy atom. The van der Waals surface area contributed by atoms with Gasteiger partial charge in [-0.1, -0.05) is 24.3 Å². The summed E-state index contributed by atoms with van der Waals surface area (Å²) in [5.74, 6) is 0.117. The first kappa shape index (κ1) is 17.4. The fraction of sp³-hybridized carbons (Fsp3) is 0.150. The lowest BCUT2D eigenvalue weighted by Crippen LogP contribution is -2.16. The molecule has 2 amide bonds. The van der Waals surface area contributed by atoms with E-state index in [0.29, 0.717) is 23.0 Å². The first-order valence-corrected chi connectivity index (χ1v) is 8.20. The van der Waals surface area contributed by atoms with E-state index in [9.17, 15) is 9.59 Å². The predicted molar refractivity (Wildman–Crippen MR) is 99.8 cm³/mol. The number of benzene rings is 2. The van der Waals surface area contributed by atoms with E-state index in [1.54, 1.807) is 18.2 Å². The molecule has 26 heavy (non-hydrogen) atoms. The maximum Gasteiger partial charge on any atom is 0.230 e. The van der Waals surface area contributed by atoms with E-state index in [1.807, 2.05) is 37.3 Å². The largest absolute Gasteiger partial charge is 0.444 e. The summed E-state index contributed by atoms with van der Waals surface area (Å²) in [5.41, 5.74) is 3.52. The summed E-state index contributed by atoms with van der Waals surface area (Å²) < 4.78 is 5.45. The second-order valence-electron chi connectivity index (χ2n) is 5.89. The van der Waals surface area contributed by atoms with Crippen LogP contribution in [0.4, 0.5) is 11.4 Å². The second kappa shape index (κ2) is 7.65. The van der Waals surface area contributed by atoms with Crippen molar-refractivity contribution in [1.29, 1.82) is 0 Å². The Balaban J connectivity index is 1.68. The molecule has 132 valence electrons. The third-order valence-corrected chi connectivity index (χ3v) is 3.83. The third kappa shape index (κ3) is 4.16. The van der Waals surface area contributed by atoms with Crippen LogP contribution in [0.25, 0.3) is 11.5 Å². The minimum absolute atomic E-state index is 0.0974. The highest BCUT2D eigenvalue weighted by atomic mass is 16.3. The summed E-state index contributed by atoms with van der Waals surface area (Å²) in [6.07, 6.45) is 1.59. The van der Waals surface area contributed by atoms with Crippen molar-refractivity contribution in [3.63, 3.8) is 0 Å². The van der Waals surface area contributed by atoms with Crippen LogP contribution in [0.3, 0.4) is 0 Å². The number of rotatable bonds is 5. The summed E-state index contributed by atoms with van der Waals surface area (Å²) in [6, 6.07) is 14.9. The molecular formula is C20H19N3O3. The molecule has 1 aromatic heterocycles. The van der Waals surface area contributed by atoms with E-state index < -0.39 is 0 Å². The van der Waals surface area contributed by atoms with Gasteiger partial charge in [0.1, 0.15) is 6.26 Å². The van der Waals surface area contributed by atoms with Crippen LogP contribution in [0.2, 0.25) is 0 Å². The molecule has 3 rings (SSSR count). The molecule has 2 N–H and O–H groups in total. The Morgan fingerprint density at radius 3 is 2.38 bits per heavy atom.